The third-order valence-corrected chi connectivity index (χ3v) is 13.9. The fraction of sp³-hybridized carbons (Fsp3) is 0.194. The van der Waals surface area contributed by atoms with E-state index in [1.54, 1.807) is 36.4 Å². The minimum Gasteiger partial charge on any atom is -0.493 e. The molecule has 5 aromatic carbocycles. The van der Waals surface area contributed by atoms with Gasteiger partial charge in [-0.3, -0.25) is 28.3 Å². The molecule has 0 atom stereocenters. The first-order chi connectivity index (χ1) is 43.1. The second-order valence-electron chi connectivity index (χ2n) is 19.7. The van der Waals surface area contributed by atoms with Crippen molar-refractivity contribution >= 4 is 76.1 Å². The number of hydrogen-bond acceptors (Lipinski definition) is 17. The smallest absolute Gasteiger partial charge is 0.337 e. The lowest BCUT2D eigenvalue weighted by molar-refractivity contribution is 0.0675. The van der Waals surface area contributed by atoms with Crippen LogP contribution in [0.3, 0.4) is 0 Å². The average molecular weight is 1230 g/mol. The fourth-order valence-electron chi connectivity index (χ4n) is 9.44. The largest absolute Gasteiger partial charge is 0.493 e. The maximum atomic E-state index is 13.7. The molecule has 90 heavy (non-hydrogen) atoms. The lowest BCUT2D eigenvalue weighted by Crippen LogP contribution is -2.30. The Balaban J connectivity index is 0.961. The predicted octanol–water partition coefficient (Wildman–Crippen LogP) is 10.2. The van der Waals surface area contributed by atoms with Gasteiger partial charge in [0.15, 0.2) is 5.69 Å². The number of nitrogens with one attached hydrogen (secondary N) is 2. The van der Waals surface area contributed by atoms with Gasteiger partial charge in [-0.25, -0.2) is 33.6 Å². The summed E-state index contributed by atoms with van der Waals surface area (Å²) in [6.45, 7) is 7.44. The Kier molecular flexibility index (Phi) is 21.4. The van der Waals surface area contributed by atoms with Crippen molar-refractivity contribution in [3.8, 4) is 40.1 Å². The van der Waals surface area contributed by atoms with Crippen molar-refractivity contribution in [2.75, 3.05) is 13.1 Å². The molecular formula is C62H52N10O18. The molecule has 0 unspecified atom stereocenters. The summed E-state index contributed by atoms with van der Waals surface area (Å²) in [6, 6.07) is 25.3. The molecule has 0 radical (unpaired) electrons. The van der Waals surface area contributed by atoms with Crippen molar-refractivity contribution in [3.63, 3.8) is 0 Å². The van der Waals surface area contributed by atoms with Crippen LogP contribution in [0.15, 0.2) is 139 Å². The molecular weight excluding hydrogens is 1170 g/mol. The first-order valence-corrected chi connectivity index (χ1v) is 27.2. The second kappa shape index (κ2) is 29.6. The molecule has 2 aromatic heterocycles. The van der Waals surface area contributed by atoms with E-state index in [1.165, 1.54) is 24.3 Å². The SMILES string of the molecule is [C-]#[N+]c1c(-c2ccccc2)c(N=Nc2cc(C(=O)O)ccc2C(=O)O)c(O)n(CCCCCCNC(=O)c2cc(C(=O)O)c(C(=O)NCCCCCCn3c(O)c(N=Nc4cc(C(=O)O)ccc4C(=O)O)c(-c4ccccc4)c(C#N)c3=O)cc2C(=O)O)c1=O. The van der Waals surface area contributed by atoms with Gasteiger partial charge < -0.3 is 51.5 Å². The molecule has 0 fully saturated rings. The number of azo groups is 2. The number of carboxylic acids is 6. The van der Waals surface area contributed by atoms with Crippen molar-refractivity contribution < 1.29 is 79.2 Å². The molecule has 2 heterocycles. The number of aromatic carboxylic acids is 6. The molecule has 7 aromatic rings. The predicted molar refractivity (Wildman–Crippen MR) is 318 cm³/mol. The number of carbonyl (C=O) groups excluding carboxylic acids is 2. The summed E-state index contributed by atoms with van der Waals surface area (Å²) in [6.07, 6.45) is 2.41. The summed E-state index contributed by atoms with van der Waals surface area (Å²) < 4.78 is 1.76. The number of unbranched alkanes of at least 4 members (excludes halogenated alkanes) is 6. The van der Waals surface area contributed by atoms with Gasteiger partial charge in [-0.05, 0) is 85.3 Å². The third kappa shape index (κ3) is 15.0. The Labute approximate surface area is 508 Å². The highest BCUT2D eigenvalue weighted by Crippen LogP contribution is 2.44. The van der Waals surface area contributed by atoms with Crippen molar-refractivity contribution in [1.29, 1.82) is 5.26 Å². The lowest BCUT2D eigenvalue weighted by atomic mass is 9.96. The van der Waals surface area contributed by atoms with E-state index in [0.717, 1.165) is 57.7 Å². The van der Waals surface area contributed by atoms with Gasteiger partial charge >= 0.3 is 35.8 Å². The van der Waals surface area contributed by atoms with Crippen molar-refractivity contribution in [2.24, 2.45) is 20.5 Å². The van der Waals surface area contributed by atoms with Crippen LogP contribution in [0.5, 0.6) is 11.8 Å². The molecule has 0 aliphatic rings. The van der Waals surface area contributed by atoms with Crippen LogP contribution in [0, 0.1) is 17.9 Å². The normalized spacial score (nSPS) is 11.0. The van der Waals surface area contributed by atoms with Crippen LogP contribution >= 0.6 is 0 Å². The summed E-state index contributed by atoms with van der Waals surface area (Å²) in [5.74, 6) is -12.4. The highest BCUT2D eigenvalue weighted by Gasteiger charge is 2.28. The van der Waals surface area contributed by atoms with Gasteiger partial charge in [-0.2, -0.15) is 5.26 Å². The Morgan fingerprint density at radius 1 is 0.467 bits per heavy atom. The molecule has 458 valence electrons. The van der Waals surface area contributed by atoms with Crippen molar-refractivity contribution in [1.82, 2.24) is 19.8 Å². The molecule has 28 heteroatoms. The first kappa shape index (κ1) is 65.1. The zero-order valence-electron chi connectivity index (χ0n) is 47.1. The van der Waals surface area contributed by atoms with E-state index in [0.29, 0.717) is 25.7 Å². The van der Waals surface area contributed by atoms with Gasteiger partial charge in [0.1, 0.15) is 28.7 Å². The number of benzene rings is 5. The maximum absolute atomic E-state index is 13.7. The van der Waals surface area contributed by atoms with Crippen LogP contribution < -0.4 is 21.8 Å². The lowest BCUT2D eigenvalue weighted by Gasteiger charge is -2.16. The topological polar surface area (TPSA) is 444 Å². The van der Waals surface area contributed by atoms with Crippen LogP contribution in [0.2, 0.25) is 0 Å². The van der Waals surface area contributed by atoms with E-state index in [9.17, 15) is 94.1 Å². The van der Waals surface area contributed by atoms with E-state index in [2.05, 4.69) is 35.9 Å². The number of pyridine rings is 2. The zero-order valence-corrected chi connectivity index (χ0v) is 47.1. The Hall–Kier alpha value is -12.5. The number of hydrogen-bond donors (Lipinski definition) is 10. The molecule has 0 saturated heterocycles. The van der Waals surface area contributed by atoms with Crippen LogP contribution in [0.1, 0.15) is 140 Å². The molecule has 28 nitrogen and oxygen atoms in total. The van der Waals surface area contributed by atoms with Gasteiger partial charge in [0, 0.05) is 37.3 Å². The Morgan fingerprint density at radius 2 is 0.856 bits per heavy atom. The zero-order chi connectivity index (χ0) is 65.3. The summed E-state index contributed by atoms with van der Waals surface area (Å²) in [5.41, 5.74) is -7.90. The molecule has 0 saturated carbocycles. The third-order valence-electron chi connectivity index (χ3n) is 13.9. The van der Waals surface area contributed by atoms with Crippen LogP contribution in [-0.4, -0.2) is 111 Å². The minimum absolute atomic E-state index is 0.0520. The molecule has 0 bridgehead atoms. The summed E-state index contributed by atoms with van der Waals surface area (Å²) in [7, 11) is 0. The highest BCUT2D eigenvalue weighted by atomic mass is 16.4. The molecule has 0 spiro atoms. The number of nitriles is 1. The van der Waals surface area contributed by atoms with Gasteiger partial charge in [0.25, 0.3) is 28.6 Å². The molecule has 7 rings (SSSR count). The molecule has 2 amide bonds. The van der Waals surface area contributed by atoms with E-state index in [-0.39, 0.29) is 90.9 Å². The van der Waals surface area contributed by atoms with E-state index < -0.39 is 132 Å². The standard InChI is InChI=1S/C62H52N10O18/c1-64-48-47(34-18-10-7-11-19-34)50(70-68-45-29-36(58(81)82)21-23-38(45)60(85)86)56(78)72(54(48)76)27-15-5-3-13-25-66-52(74)40-31-41(61(87)88)39(30-42(40)62(89)90)51(73)65-24-12-2-4-14-26-71-53(75)43(32-63)46(33-16-8-6-9-17-33)49(55(71)77)69-67-44-28-35(57(79)80)20-22-37(44)59(83)84/h6-11,16-23,28-31,77-78H,2-5,12-15,24-27H2,(H,65,73)(H,66,74)(H,79,80)(H,81,82)(H,83,84)(H,85,86)(H,87,88)(H,89,90). The monoisotopic (exact) mass is 1220 g/mol. The number of amides is 2. The number of aromatic hydroxyl groups is 2. The van der Waals surface area contributed by atoms with Gasteiger partial charge in [0.05, 0.1) is 51.1 Å². The summed E-state index contributed by atoms with van der Waals surface area (Å²) >= 11 is 0. The number of carbonyl (C=O) groups is 8. The van der Waals surface area contributed by atoms with Crippen LogP contribution in [0.4, 0.5) is 28.4 Å². The van der Waals surface area contributed by atoms with E-state index in [4.69, 9.17) is 6.57 Å². The number of aromatic nitrogens is 2. The maximum Gasteiger partial charge on any atom is 0.337 e. The van der Waals surface area contributed by atoms with Gasteiger partial charge in [-0.15, -0.1) is 20.5 Å². The number of carboxylic acid groups (broad SMARTS) is 6. The van der Waals surface area contributed by atoms with Crippen molar-refractivity contribution in [3.05, 3.63) is 191 Å². The van der Waals surface area contributed by atoms with Crippen LogP contribution in [0.25, 0.3) is 27.1 Å². The molecule has 0 aliphatic heterocycles. The number of nitrogens with zero attached hydrogens (tertiary/aromatic N) is 8. The van der Waals surface area contributed by atoms with Crippen LogP contribution in [-0.2, 0) is 13.1 Å². The summed E-state index contributed by atoms with van der Waals surface area (Å²) in [5, 5.41) is 113. The van der Waals surface area contributed by atoms with Crippen molar-refractivity contribution in [2.45, 2.75) is 64.5 Å². The molecule has 0 aliphatic carbocycles. The van der Waals surface area contributed by atoms with E-state index in [1.807, 2.05) is 6.07 Å². The Morgan fingerprint density at radius 3 is 1.24 bits per heavy atom. The number of rotatable bonds is 28. The fourth-order valence-corrected chi connectivity index (χ4v) is 9.44. The highest BCUT2D eigenvalue weighted by molar-refractivity contribution is 6.12. The van der Waals surface area contributed by atoms with Gasteiger partial charge in [-0.1, -0.05) is 86.3 Å². The first-order valence-electron chi connectivity index (χ1n) is 27.2. The minimum atomic E-state index is -1.65. The second-order valence-corrected chi connectivity index (χ2v) is 19.7. The summed E-state index contributed by atoms with van der Waals surface area (Å²) in [4.78, 5) is 130. The van der Waals surface area contributed by atoms with Gasteiger partial charge in [0.2, 0.25) is 11.8 Å². The Bertz CT molecular complexity index is 4040. The molecule has 10 N–H and O–H groups in total. The van der Waals surface area contributed by atoms with E-state index >= 15 is 0 Å². The quantitative estimate of drug-likeness (QED) is 0.0124. The average Bonchev–Trinajstić information content (AvgIpc) is 0.812.